The summed E-state index contributed by atoms with van der Waals surface area (Å²) >= 11 is 0. The highest BCUT2D eigenvalue weighted by Crippen LogP contribution is 2.21. The molecule has 1 aromatic carbocycles. The van der Waals surface area contributed by atoms with Crippen LogP contribution in [0, 0.1) is 0 Å². The van der Waals surface area contributed by atoms with Crippen LogP contribution in [-0.4, -0.2) is 22.7 Å². The van der Waals surface area contributed by atoms with E-state index in [4.69, 9.17) is 4.74 Å². The van der Waals surface area contributed by atoms with Crippen molar-refractivity contribution in [2.24, 2.45) is 0 Å². The molecule has 2 rings (SSSR count). The normalized spacial score (nSPS) is 10.2. The highest BCUT2D eigenvalue weighted by atomic mass is 16.5. The molecule has 1 heterocycles. The molecule has 0 unspecified atom stereocenters. The molecule has 0 spiro atoms. The number of benzene rings is 1. The van der Waals surface area contributed by atoms with Crippen LogP contribution >= 0.6 is 0 Å². The number of hydrogen-bond donors (Lipinski definition) is 2. The van der Waals surface area contributed by atoms with Gasteiger partial charge >= 0.3 is 5.97 Å². The average molecular weight is 259 g/mol. The molecule has 19 heavy (non-hydrogen) atoms. The minimum absolute atomic E-state index is 0.137. The van der Waals surface area contributed by atoms with Crippen molar-refractivity contribution < 1.29 is 14.6 Å². The van der Waals surface area contributed by atoms with E-state index in [0.717, 1.165) is 5.56 Å². The van der Waals surface area contributed by atoms with E-state index in [1.54, 1.807) is 19.1 Å². The predicted molar refractivity (Wildman–Crippen MR) is 70.1 cm³/mol. The summed E-state index contributed by atoms with van der Waals surface area (Å²) in [6.45, 7) is 1.76. The smallest absolute Gasteiger partial charge is 0.347 e. The number of esters is 1. The van der Waals surface area contributed by atoms with Gasteiger partial charge in [-0.15, -0.1) is 0 Å². The molecule has 0 saturated carbocycles. The van der Waals surface area contributed by atoms with Crippen LogP contribution in [0.15, 0.2) is 41.2 Å². The zero-order valence-electron chi connectivity index (χ0n) is 10.3. The van der Waals surface area contributed by atoms with Gasteiger partial charge in [0.05, 0.1) is 12.3 Å². The Balaban J connectivity index is 2.49. The summed E-state index contributed by atoms with van der Waals surface area (Å²) in [5.74, 6) is -1.22. The molecule has 98 valence electrons. The van der Waals surface area contributed by atoms with E-state index in [1.807, 2.05) is 18.2 Å². The third-order valence-electron chi connectivity index (χ3n) is 2.58. The summed E-state index contributed by atoms with van der Waals surface area (Å²) in [5.41, 5.74) is 0.139. The van der Waals surface area contributed by atoms with E-state index < -0.39 is 11.5 Å². The third kappa shape index (κ3) is 2.65. The van der Waals surface area contributed by atoms with Gasteiger partial charge in [0.25, 0.3) is 5.56 Å². The second-order valence-electron chi connectivity index (χ2n) is 3.86. The van der Waals surface area contributed by atoms with Gasteiger partial charge in [0.1, 0.15) is 5.75 Å². The Morgan fingerprint density at radius 1 is 1.32 bits per heavy atom. The molecule has 5 heteroatoms. The molecule has 1 aromatic heterocycles. The topological polar surface area (TPSA) is 79.4 Å². The summed E-state index contributed by atoms with van der Waals surface area (Å²) in [5, 5.41) is 9.81. The van der Waals surface area contributed by atoms with Crippen LogP contribution in [0.25, 0.3) is 11.3 Å². The molecule has 0 bridgehead atoms. The van der Waals surface area contributed by atoms with Gasteiger partial charge in [-0.25, -0.2) is 4.79 Å². The lowest BCUT2D eigenvalue weighted by atomic mass is 10.1. The molecular weight excluding hydrogens is 246 g/mol. The number of carbonyl (C=O) groups excluding carboxylic acids is 1. The molecule has 2 N–H and O–H groups in total. The SMILES string of the molecule is CCOC(=O)c1c(O)cc(-c2ccccc2)[nH]c1=O. The molecule has 0 aliphatic carbocycles. The van der Waals surface area contributed by atoms with Crippen molar-refractivity contribution in [1.82, 2.24) is 4.98 Å². The Labute approximate surface area is 109 Å². The number of hydrogen-bond acceptors (Lipinski definition) is 4. The molecular formula is C14H13NO4. The van der Waals surface area contributed by atoms with Gasteiger partial charge in [0.2, 0.25) is 0 Å². The van der Waals surface area contributed by atoms with Gasteiger partial charge in [0.15, 0.2) is 5.56 Å². The standard InChI is InChI=1S/C14H13NO4/c1-2-19-14(18)12-11(16)8-10(15-13(12)17)9-6-4-3-5-7-9/h3-8H,2H2,1H3,(H2,15,16,17). The lowest BCUT2D eigenvalue weighted by molar-refractivity contribution is 0.0521. The van der Waals surface area contributed by atoms with Crippen molar-refractivity contribution >= 4 is 5.97 Å². The van der Waals surface area contributed by atoms with Crippen molar-refractivity contribution in [2.75, 3.05) is 6.61 Å². The third-order valence-corrected chi connectivity index (χ3v) is 2.58. The molecule has 0 saturated heterocycles. The van der Waals surface area contributed by atoms with E-state index in [1.165, 1.54) is 6.07 Å². The van der Waals surface area contributed by atoms with Crippen LogP contribution in [0.1, 0.15) is 17.3 Å². The first kappa shape index (κ1) is 12.9. The highest BCUT2D eigenvalue weighted by Gasteiger charge is 2.18. The second-order valence-corrected chi connectivity index (χ2v) is 3.86. The number of aromatic nitrogens is 1. The van der Waals surface area contributed by atoms with Gasteiger partial charge in [-0.1, -0.05) is 30.3 Å². The van der Waals surface area contributed by atoms with Gasteiger partial charge in [0, 0.05) is 6.07 Å². The maximum atomic E-state index is 11.8. The van der Waals surface area contributed by atoms with E-state index in [0.29, 0.717) is 5.69 Å². The fraction of sp³-hybridized carbons (Fsp3) is 0.143. The fourth-order valence-corrected chi connectivity index (χ4v) is 1.72. The number of aromatic hydroxyl groups is 1. The number of nitrogens with one attached hydrogen (secondary N) is 1. The van der Waals surface area contributed by atoms with E-state index >= 15 is 0 Å². The molecule has 0 aliphatic heterocycles. The molecule has 0 fully saturated rings. The number of carbonyl (C=O) groups is 1. The Kier molecular flexibility index (Phi) is 3.66. The van der Waals surface area contributed by atoms with Crippen LogP contribution in [0.4, 0.5) is 0 Å². The number of aromatic amines is 1. The summed E-state index contributed by atoms with van der Waals surface area (Å²) < 4.78 is 4.72. The Morgan fingerprint density at radius 3 is 2.58 bits per heavy atom. The van der Waals surface area contributed by atoms with Crippen molar-refractivity contribution in [3.63, 3.8) is 0 Å². The van der Waals surface area contributed by atoms with Gasteiger partial charge in [-0.2, -0.15) is 0 Å². The molecule has 0 radical (unpaired) electrons. The minimum Gasteiger partial charge on any atom is -0.507 e. The highest BCUT2D eigenvalue weighted by molar-refractivity contribution is 5.92. The minimum atomic E-state index is -0.833. The van der Waals surface area contributed by atoms with Crippen molar-refractivity contribution in [2.45, 2.75) is 6.92 Å². The van der Waals surface area contributed by atoms with Gasteiger partial charge in [-0.05, 0) is 12.5 Å². The zero-order valence-corrected chi connectivity index (χ0v) is 10.3. The molecule has 0 atom stereocenters. The maximum Gasteiger partial charge on any atom is 0.347 e. The monoisotopic (exact) mass is 259 g/mol. The van der Waals surface area contributed by atoms with Crippen LogP contribution in [-0.2, 0) is 4.74 Å². The number of ether oxygens (including phenoxy) is 1. The fourth-order valence-electron chi connectivity index (χ4n) is 1.72. The summed E-state index contributed by atoms with van der Waals surface area (Å²) in [4.78, 5) is 25.9. The Morgan fingerprint density at radius 2 is 2.00 bits per heavy atom. The molecule has 2 aromatic rings. The molecule has 0 aliphatic rings. The lowest BCUT2D eigenvalue weighted by Gasteiger charge is -2.06. The maximum absolute atomic E-state index is 11.8. The first-order chi connectivity index (χ1) is 9.13. The number of rotatable bonds is 3. The zero-order chi connectivity index (χ0) is 13.8. The summed E-state index contributed by atoms with van der Waals surface area (Å²) in [6.07, 6.45) is 0. The predicted octanol–water partition coefficient (Wildman–Crippen LogP) is 1.92. The van der Waals surface area contributed by atoms with E-state index in [9.17, 15) is 14.7 Å². The van der Waals surface area contributed by atoms with E-state index in [-0.39, 0.29) is 17.9 Å². The Bertz CT molecular complexity index is 646. The molecule has 5 nitrogen and oxygen atoms in total. The lowest BCUT2D eigenvalue weighted by Crippen LogP contribution is -2.20. The number of H-pyrrole nitrogens is 1. The Hall–Kier alpha value is -2.56. The summed E-state index contributed by atoms with van der Waals surface area (Å²) in [6, 6.07) is 10.4. The number of pyridine rings is 1. The van der Waals surface area contributed by atoms with Crippen LogP contribution in [0.5, 0.6) is 5.75 Å². The van der Waals surface area contributed by atoms with Crippen molar-refractivity contribution in [1.29, 1.82) is 0 Å². The quantitative estimate of drug-likeness (QED) is 0.825. The van der Waals surface area contributed by atoms with Crippen LogP contribution < -0.4 is 5.56 Å². The van der Waals surface area contributed by atoms with Gasteiger partial charge in [-0.3, -0.25) is 4.79 Å². The van der Waals surface area contributed by atoms with Crippen molar-refractivity contribution in [3.05, 3.63) is 52.3 Å². The van der Waals surface area contributed by atoms with Crippen LogP contribution in [0.3, 0.4) is 0 Å². The first-order valence-electron chi connectivity index (χ1n) is 5.82. The van der Waals surface area contributed by atoms with Gasteiger partial charge < -0.3 is 14.8 Å². The molecule has 0 amide bonds. The largest absolute Gasteiger partial charge is 0.507 e. The first-order valence-corrected chi connectivity index (χ1v) is 5.82. The average Bonchev–Trinajstić information content (AvgIpc) is 2.39. The summed E-state index contributed by atoms with van der Waals surface area (Å²) in [7, 11) is 0. The van der Waals surface area contributed by atoms with Crippen LogP contribution in [0.2, 0.25) is 0 Å². The van der Waals surface area contributed by atoms with E-state index in [2.05, 4.69) is 4.98 Å². The second kappa shape index (κ2) is 5.39. The van der Waals surface area contributed by atoms with Crippen molar-refractivity contribution in [3.8, 4) is 17.0 Å².